The zero-order valence-electron chi connectivity index (χ0n) is 15.3. The minimum Gasteiger partial charge on any atom is -0.490 e. The van der Waals surface area contributed by atoms with Gasteiger partial charge in [-0.3, -0.25) is 0 Å². The normalized spacial score (nSPS) is 17.2. The van der Waals surface area contributed by atoms with Crippen LogP contribution in [0.5, 0.6) is 5.75 Å². The molecule has 0 spiro atoms. The van der Waals surface area contributed by atoms with Gasteiger partial charge in [-0.1, -0.05) is 31.9 Å². The lowest BCUT2D eigenvalue weighted by Gasteiger charge is -2.22. The van der Waals surface area contributed by atoms with Crippen LogP contribution in [-0.4, -0.2) is 6.61 Å². The molecule has 0 saturated carbocycles. The minimum atomic E-state index is -0.858. The van der Waals surface area contributed by atoms with Crippen molar-refractivity contribution in [3.63, 3.8) is 0 Å². The van der Waals surface area contributed by atoms with Crippen LogP contribution in [0.25, 0.3) is 5.57 Å². The summed E-state index contributed by atoms with van der Waals surface area (Å²) in [4.78, 5) is 0. The predicted octanol–water partition coefficient (Wildman–Crippen LogP) is 7.07. The van der Waals surface area contributed by atoms with Crippen LogP contribution in [0, 0.1) is 17.6 Å². The van der Waals surface area contributed by atoms with E-state index in [0.717, 1.165) is 56.9 Å². The van der Waals surface area contributed by atoms with E-state index in [4.69, 9.17) is 4.74 Å². The van der Waals surface area contributed by atoms with Crippen molar-refractivity contribution in [1.29, 1.82) is 0 Å². The molecule has 25 heavy (non-hydrogen) atoms. The van der Waals surface area contributed by atoms with Crippen molar-refractivity contribution in [1.82, 2.24) is 0 Å². The summed E-state index contributed by atoms with van der Waals surface area (Å²) in [5.74, 6) is -0.957. The van der Waals surface area contributed by atoms with E-state index in [-0.39, 0.29) is 5.75 Å². The van der Waals surface area contributed by atoms with E-state index in [2.05, 4.69) is 19.6 Å². The van der Waals surface area contributed by atoms with Gasteiger partial charge in [-0.15, -0.1) is 6.58 Å². The van der Waals surface area contributed by atoms with Crippen LogP contribution in [0.2, 0.25) is 0 Å². The molecule has 1 aromatic rings. The molecule has 0 radical (unpaired) electrons. The summed E-state index contributed by atoms with van der Waals surface area (Å²) < 4.78 is 34.1. The number of ether oxygens (including phenoxy) is 1. The minimum absolute atomic E-state index is 0.0241. The van der Waals surface area contributed by atoms with E-state index in [1.807, 2.05) is 6.08 Å². The van der Waals surface area contributed by atoms with Crippen LogP contribution in [0.15, 0.2) is 30.9 Å². The second-order valence-electron chi connectivity index (χ2n) is 6.88. The summed E-state index contributed by atoms with van der Waals surface area (Å²) in [6.07, 6.45) is 13.2. The molecule has 0 aliphatic heterocycles. The van der Waals surface area contributed by atoms with E-state index < -0.39 is 11.6 Å². The van der Waals surface area contributed by atoms with Crippen LogP contribution in [0.4, 0.5) is 8.78 Å². The van der Waals surface area contributed by atoms with Gasteiger partial charge in [0.1, 0.15) is 0 Å². The van der Waals surface area contributed by atoms with Gasteiger partial charge < -0.3 is 4.74 Å². The molecule has 0 saturated heterocycles. The molecule has 1 aliphatic rings. The predicted molar refractivity (Wildman–Crippen MR) is 101 cm³/mol. The largest absolute Gasteiger partial charge is 0.490 e. The van der Waals surface area contributed by atoms with Crippen molar-refractivity contribution < 1.29 is 13.5 Å². The summed E-state index contributed by atoms with van der Waals surface area (Å²) in [6.45, 7) is 6.27. The van der Waals surface area contributed by atoms with Crippen molar-refractivity contribution >= 4 is 5.57 Å². The number of hydrogen-bond donors (Lipinski definition) is 0. The van der Waals surface area contributed by atoms with Gasteiger partial charge in [-0.25, -0.2) is 4.39 Å². The molecule has 1 nitrogen and oxygen atoms in total. The molecule has 1 aliphatic carbocycles. The molecule has 0 amide bonds. The number of halogens is 2. The number of hydrogen-bond acceptors (Lipinski definition) is 1. The third-order valence-electron chi connectivity index (χ3n) is 4.94. The first-order valence-corrected chi connectivity index (χ1v) is 9.58. The van der Waals surface area contributed by atoms with Gasteiger partial charge >= 0.3 is 0 Å². The number of benzene rings is 1. The monoisotopic (exact) mass is 348 g/mol. The fourth-order valence-corrected chi connectivity index (χ4v) is 3.37. The van der Waals surface area contributed by atoms with Gasteiger partial charge in [0.05, 0.1) is 6.61 Å². The quantitative estimate of drug-likeness (QED) is 0.324. The molecule has 1 atom stereocenters. The standard InChI is InChI=1S/C22H30F2O/c1-3-5-7-9-17-10-12-18(13-11-17)19-14-15-20(22(24)21(19)23)25-16-8-6-4-2/h3,12,14-15,17H,1,4-11,13,16H2,2H3. The van der Waals surface area contributed by atoms with Crippen molar-refractivity contribution in [3.8, 4) is 5.75 Å². The van der Waals surface area contributed by atoms with E-state index in [1.54, 1.807) is 12.1 Å². The van der Waals surface area contributed by atoms with Crippen molar-refractivity contribution in [2.24, 2.45) is 5.92 Å². The second-order valence-corrected chi connectivity index (χ2v) is 6.88. The molecule has 138 valence electrons. The molecule has 2 rings (SSSR count). The Bertz CT molecular complexity index is 592. The first-order chi connectivity index (χ1) is 12.2. The first kappa shape index (κ1) is 19.7. The maximum atomic E-state index is 14.5. The molecular weight excluding hydrogens is 318 g/mol. The fourth-order valence-electron chi connectivity index (χ4n) is 3.37. The Hall–Kier alpha value is -1.64. The van der Waals surface area contributed by atoms with Gasteiger partial charge in [0.15, 0.2) is 11.6 Å². The molecular formula is C22H30F2O. The second kappa shape index (κ2) is 10.4. The highest BCUT2D eigenvalue weighted by molar-refractivity contribution is 5.67. The van der Waals surface area contributed by atoms with Crippen LogP contribution in [0.3, 0.4) is 0 Å². The van der Waals surface area contributed by atoms with Crippen molar-refractivity contribution in [2.45, 2.75) is 64.7 Å². The van der Waals surface area contributed by atoms with E-state index >= 15 is 0 Å². The van der Waals surface area contributed by atoms with Crippen LogP contribution in [-0.2, 0) is 0 Å². The topological polar surface area (TPSA) is 9.23 Å². The Kier molecular flexibility index (Phi) is 8.17. The van der Waals surface area contributed by atoms with Crippen LogP contribution >= 0.6 is 0 Å². The molecule has 3 heteroatoms. The summed E-state index contributed by atoms with van der Waals surface area (Å²) in [7, 11) is 0. The van der Waals surface area contributed by atoms with Gasteiger partial charge in [-0.2, -0.15) is 4.39 Å². The molecule has 0 N–H and O–H groups in total. The average molecular weight is 348 g/mol. The fraction of sp³-hybridized carbons (Fsp3) is 0.545. The summed E-state index contributed by atoms with van der Waals surface area (Å²) in [5, 5.41) is 0. The highest BCUT2D eigenvalue weighted by Gasteiger charge is 2.20. The van der Waals surface area contributed by atoms with Crippen molar-refractivity contribution in [3.05, 3.63) is 48.1 Å². The van der Waals surface area contributed by atoms with Crippen LogP contribution in [0.1, 0.15) is 70.3 Å². The molecule has 0 bridgehead atoms. The van der Waals surface area contributed by atoms with E-state index in [0.29, 0.717) is 18.1 Å². The Morgan fingerprint density at radius 2 is 2.04 bits per heavy atom. The summed E-state index contributed by atoms with van der Waals surface area (Å²) >= 11 is 0. The lowest BCUT2D eigenvalue weighted by Crippen LogP contribution is -2.07. The van der Waals surface area contributed by atoms with E-state index in [9.17, 15) is 8.78 Å². The Balaban J connectivity index is 1.98. The molecule has 0 heterocycles. The third-order valence-corrected chi connectivity index (χ3v) is 4.94. The number of allylic oxidation sites excluding steroid dienone is 3. The van der Waals surface area contributed by atoms with E-state index in [1.165, 1.54) is 6.42 Å². The molecule has 1 aromatic carbocycles. The van der Waals surface area contributed by atoms with Crippen LogP contribution < -0.4 is 4.74 Å². The number of unbranched alkanes of at least 4 members (excludes halogenated alkanes) is 3. The highest BCUT2D eigenvalue weighted by Crippen LogP contribution is 2.35. The van der Waals surface area contributed by atoms with Gasteiger partial charge in [-0.05, 0) is 68.6 Å². The Morgan fingerprint density at radius 3 is 2.72 bits per heavy atom. The first-order valence-electron chi connectivity index (χ1n) is 9.58. The molecule has 0 fully saturated rings. The van der Waals surface area contributed by atoms with Crippen molar-refractivity contribution in [2.75, 3.05) is 6.61 Å². The summed E-state index contributed by atoms with van der Waals surface area (Å²) in [5.41, 5.74) is 1.32. The maximum Gasteiger partial charge on any atom is 0.201 e. The summed E-state index contributed by atoms with van der Waals surface area (Å²) in [6, 6.07) is 3.23. The lowest BCUT2D eigenvalue weighted by molar-refractivity contribution is 0.286. The Labute approximate surface area is 150 Å². The highest BCUT2D eigenvalue weighted by atomic mass is 19.2. The zero-order chi connectivity index (χ0) is 18.1. The van der Waals surface area contributed by atoms with Gasteiger partial charge in [0.25, 0.3) is 0 Å². The average Bonchev–Trinajstić information content (AvgIpc) is 2.63. The van der Waals surface area contributed by atoms with Gasteiger partial charge in [0, 0.05) is 5.56 Å². The lowest BCUT2D eigenvalue weighted by atomic mass is 9.84. The zero-order valence-corrected chi connectivity index (χ0v) is 15.3. The van der Waals surface area contributed by atoms with Gasteiger partial charge in [0.2, 0.25) is 5.82 Å². The third kappa shape index (κ3) is 5.69. The SMILES string of the molecule is C=CCCCC1CC=C(c2ccc(OCCCCC)c(F)c2F)CC1. The Morgan fingerprint density at radius 1 is 1.20 bits per heavy atom. The number of rotatable bonds is 10. The maximum absolute atomic E-state index is 14.5. The smallest absolute Gasteiger partial charge is 0.201 e. The molecule has 0 aromatic heterocycles. The molecule has 1 unspecified atom stereocenters.